The number of hydrogen-bond acceptors (Lipinski definition) is 2. The van der Waals surface area contributed by atoms with Crippen LogP contribution in [-0.4, -0.2) is 13.3 Å². The summed E-state index contributed by atoms with van der Waals surface area (Å²) in [4.78, 5) is 0. The number of halogens is 7. The van der Waals surface area contributed by atoms with E-state index in [1.807, 2.05) is 0 Å². The molecule has 2 nitrogen and oxygen atoms in total. The molecule has 1 rings (SSSR count). The normalized spacial score (nSPS) is 13.6. The third-order valence-corrected chi connectivity index (χ3v) is 2.42. The van der Waals surface area contributed by atoms with Gasteiger partial charge >= 0.3 is 12.4 Å². The maximum atomic E-state index is 12.8. The summed E-state index contributed by atoms with van der Waals surface area (Å²) in [6.07, 6.45) is -11.0. The van der Waals surface area contributed by atoms with Crippen LogP contribution in [0.4, 0.5) is 26.3 Å². The molecule has 20 heavy (non-hydrogen) atoms. The molecule has 2 N–H and O–H groups in total. The lowest BCUT2D eigenvalue weighted by atomic mass is 9.97. The van der Waals surface area contributed by atoms with Crippen LogP contribution in [0.5, 0.6) is 5.75 Å². The van der Waals surface area contributed by atoms with Gasteiger partial charge in [-0.05, 0) is 17.7 Å². The van der Waals surface area contributed by atoms with Gasteiger partial charge in [-0.2, -0.15) is 26.3 Å². The zero-order valence-electron chi connectivity index (χ0n) is 10.2. The number of hydrogen-bond donors (Lipinski definition) is 1. The van der Waals surface area contributed by atoms with Crippen LogP contribution in [0.25, 0.3) is 0 Å². The Kier molecular flexibility index (Phi) is 6.16. The molecule has 0 aliphatic carbocycles. The molecule has 0 spiro atoms. The van der Waals surface area contributed by atoms with Crippen LogP contribution in [0, 0.1) is 0 Å². The molecular formula is C11H12ClF6NO. The van der Waals surface area contributed by atoms with Gasteiger partial charge in [0.15, 0.2) is 0 Å². The Labute approximate surface area is 117 Å². The molecule has 0 heterocycles. The highest BCUT2D eigenvalue weighted by Crippen LogP contribution is 2.38. The van der Waals surface area contributed by atoms with Crippen molar-refractivity contribution in [2.45, 2.75) is 24.8 Å². The smallest absolute Gasteiger partial charge is 0.416 e. The zero-order chi connectivity index (χ0) is 14.8. The Hall–Kier alpha value is -1.15. The zero-order valence-corrected chi connectivity index (χ0v) is 11.0. The van der Waals surface area contributed by atoms with Crippen molar-refractivity contribution in [2.24, 2.45) is 5.73 Å². The summed E-state index contributed by atoms with van der Waals surface area (Å²) in [5.74, 6) is -0.102. The molecule has 1 aromatic carbocycles. The van der Waals surface area contributed by atoms with Gasteiger partial charge in [-0.1, -0.05) is 6.07 Å². The minimum absolute atomic E-state index is 0. The Morgan fingerprint density at radius 3 is 2.10 bits per heavy atom. The average Bonchev–Trinajstić information content (AvgIpc) is 2.24. The Morgan fingerprint density at radius 2 is 1.70 bits per heavy atom. The van der Waals surface area contributed by atoms with Crippen molar-refractivity contribution in [1.82, 2.24) is 0 Å². The molecule has 0 amide bonds. The third-order valence-electron chi connectivity index (χ3n) is 2.42. The van der Waals surface area contributed by atoms with Crippen molar-refractivity contribution in [2.75, 3.05) is 7.11 Å². The van der Waals surface area contributed by atoms with Gasteiger partial charge in [-0.15, -0.1) is 12.4 Å². The van der Waals surface area contributed by atoms with E-state index < -0.39 is 35.9 Å². The molecule has 0 unspecified atom stereocenters. The van der Waals surface area contributed by atoms with E-state index in [2.05, 4.69) is 4.74 Å². The predicted octanol–water partition coefficient (Wildman–Crippen LogP) is 4.09. The van der Waals surface area contributed by atoms with E-state index in [1.54, 1.807) is 0 Å². The molecule has 0 saturated heterocycles. The van der Waals surface area contributed by atoms with Gasteiger partial charge in [0.1, 0.15) is 5.75 Å². The Morgan fingerprint density at radius 1 is 1.15 bits per heavy atom. The van der Waals surface area contributed by atoms with E-state index in [0.717, 1.165) is 19.2 Å². The molecule has 0 radical (unpaired) electrons. The van der Waals surface area contributed by atoms with E-state index in [0.29, 0.717) is 6.07 Å². The quantitative estimate of drug-likeness (QED) is 0.850. The van der Waals surface area contributed by atoms with E-state index in [-0.39, 0.29) is 18.2 Å². The molecule has 0 fully saturated rings. The first-order chi connectivity index (χ1) is 8.54. The molecule has 1 atom stereocenters. The molecule has 1 aromatic rings. The van der Waals surface area contributed by atoms with Crippen LogP contribution in [0.3, 0.4) is 0 Å². The van der Waals surface area contributed by atoms with Gasteiger partial charge in [-0.25, -0.2) is 0 Å². The lowest BCUT2D eigenvalue weighted by Crippen LogP contribution is -2.23. The minimum atomic E-state index is -4.80. The summed E-state index contributed by atoms with van der Waals surface area (Å²) < 4.78 is 79.5. The second-order valence-corrected chi connectivity index (χ2v) is 3.88. The van der Waals surface area contributed by atoms with Gasteiger partial charge in [0.05, 0.1) is 19.1 Å². The van der Waals surface area contributed by atoms with Crippen LogP contribution in [-0.2, 0) is 6.18 Å². The largest absolute Gasteiger partial charge is 0.497 e. The van der Waals surface area contributed by atoms with Crippen molar-refractivity contribution in [1.29, 1.82) is 0 Å². The monoisotopic (exact) mass is 323 g/mol. The SMILES string of the molecule is COc1ccc([C@@H](N)CC(F)(F)F)c(C(F)(F)F)c1.Cl. The van der Waals surface area contributed by atoms with Crippen LogP contribution in [0.15, 0.2) is 18.2 Å². The minimum Gasteiger partial charge on any atom is -0.497 e. The molecule has 0 aromatic heterocycles. The number of methoxy groups -OCH3 is 1. The highest BCUT2D eigenvalue weighted by atomic mass is 35.5. The fourth-order valence-corrected chi connectivity index (χ4v) is 1.59. The van der Waals surface area contributed by atoms with Crippen LogP contribution >= 0.6 is 12.4 Å². The Bertz CT molecular complexity index is 446. The first kappa shape index (κ1) is 18.9. The predicted molar refractivity (Wildman–Crippen MR) is 62.8 cm³/mol. The maximum Gasteiger partial charge on any atom is 0.416 e. The number of nitrogens with two attached hydrogens (primary N) is 1. The van der Waals surface area contributed by atoms with Crippen molar-refractivity contribution < 1.29 is 31.1 Å². The lowest BCUT2D eigenvalue weighted by molar-refractivity contribution is -0.144. The van der Waals surface area contributed by atoms with E-state index >= 15 is 0 Å². The van der Waals surface area contributed by atoms with Gasteiger partial charge in [-0.3, -0.25) is 0 Å². The molecular weight excluding hydrogens is 312 g/mol. The van der Waals surface area contributed by atoms with Gasteiger partial charge in [0.25, 0.3) is 0 Å². The molecule has 0 aliphatic rings. The second-order valence-electron chi connectivity index (χ2n) is 3.88. The number of ether oxygens (including phenoxy) is 1. The van der Waals surface area contributed by atoms with E-state index in [1.165, 1.54) is 0 Å². The Balaban J connectivity index is 0.00000361. The first-order valence-electron chi connectivity index (χ1n) is 5.12. The summed E-state index contributed by atoms with van der Waals surface area (Å²) >= 11 is 0. The summed E-state index contributed by atoms with van der Waals surface area (Å²) in [6, 6.07) is 0.896. The highest BCUT2D eigenvalue weighted by Gasteiger charge is 2.38. The van der Waals surface area contributed by atoms with E-state index in [9.17, 15) is 26.3 Å². The molecule has 0 bridgehead atoms. The summed E-state index contributed by atoms with van der Waals surface area (Å²) in [6.45, 7) is 0. The fourth-order valence-electron chi connectivity index (χ4n) is 1.59. The molecule has 0 saturated carbocycles. The fraction of sp³-hybridized carbons (Fsp3) is 0.455. The van der Waals surface area contributed by atoms with E-state index in [4.69, 9.17) is 5.73 Å². The average molecular weight is 324 g/mol. The van der Waals surface area contributed by atoms with Gasteiger partial charge < -0.3 is 10.5 Å². The number of alkyl halides is 6. The maximum absolute atomic E-state index is 12.8. The topological polar surface area (TPSA) is 35.2 Å². The van der Waals surface area contributed by atoms with Gasteiger partial charge in [0.2, 0.25) is 0 Å². The van der Waals surface area contributed by atoms with Crippen molar-refractivity contribution in [3.05, 3.63) is 29.3 Å². The standard InChI is InChI=1S/C11H11F6NO.ClH/c1-19-6-2-3-7(8(4-6)11(15,16)17)9(18)5-10(12,13)14;/h2-4,9H,5,18H2,1H3;1H/t9-;/m0./s1. The number of rotatable bonds is 3. The summed E-state index contributed by atoms with van der Waals surface area (Å²) in [7, 11) is 1.16. The third kappa shape index (κ3) is 5.09. The van der Waals surface area contributed by atoms with Crippen molar-refractivity contribution in [3.8, 4) is 5.75 Å². The molecule has 116 valence electrons. The summed E-state index contributed by atoms with van der Waals surface area (Å²) in [5.41, 5.74) is 3.38. The van der Waals surface area contributed by atoms with Crippen LogP contribution in [0.2, 0.25) is 0 Å². The van der Waals surface area contributed by atoms with Gasteiger partial charge in [0, 0.05) is 6.04 Å². The van der Waals surface area contributed by atoms with Crippen LogP contribution in [0.1, 0.15) is 23.6 Å². The molecule has 0 aliphatic heterocycles. The van der Waals surface area contributed by atoms with Crippen LogP contribution < -0.4 is 10.5 Å². The first-order valence-corrected chi connectivity index (χ1v) is 5.12. The van der Waals surface area contributed by atoms with Crippen molar-refractivity contribution >= 4 is 12.4 Å². The molecule has 9 heteroatoms. The number of benzene rings is 1. The van der Waals surface area contributed by atoms with Crippen molar-refractivity contribution in [3.63, 3.8) is 0 Å². The summed E-state index contributed by atoms with van der Waals surface area (Å²) in [5, 5.41) is 0. The highest BCUT2D eigenvalue weighted by molar-refractivity contribution is 5.85. The second kappa shape index (κ2) is 6.53. The lowest BCUT2D eigenvalue weighted by Gasteiger charge is -2.20.